The second kappa shape index (κ2) is 8.64. The van der Waals surface area contributed by atoms with Crippen LogP contribution in [0.5, 0.6) is 0 Å². The summed E-state index contributed by atoms with van der Waals surface area (Å²) in [5.41, 5.74) is 0.938. The Labute approximate surface area is 171 Å². The van der Waals surface area contributed by atoms with Gasteiger partial charge in [-0.25, -0.2) is 8.42 Å². The summed E-state index contributed by atoms with van der Waals surface area (Å²) in [7, 11) is -3.46. The van der Waals surface area contributed by atoms with Crippen LogP contribution in [0.1, 0.15) is 18.4 Å². The maximum atomic E-state index is 12.9. The van der Waals surface area contributed by atoms with E-state index in [0.717, 1.165) is 43.2 Å². The van der Waals surface area contributed by atoms with Gasteiger partial charge in [0.05, 0.1) is 11.0 Å². The van der Waals surface area contributed by atoms with Gasteiger partial charge in [0.25, 0.3) is 0 Å². The van der Waals surface area contributed by atoms with Crippen molar-refractivity contribution in [3.63, 3.8) is 0 Å². The normalized spacial score (nSPS) is 20.7. The standard InChI is InChI=1S/C20H27N5O3S/c1-16-4-2-6-18(14-16)29(26,27)25-11-9-24(10-12-25)20-8-7-19(22-23-20)21-15-17-5-3-13-28-17/h2,4,6-8,14,17H,3,5,9-13,15H2,1H3,(H,21,22). The Balaban J connectivity index is 1.33. The average molecular weight is 418 g/mol. The molecule has 3 heterocycles. The third-order valence-electron chi connectivity index (χ3n) is 5.38. The lowest BCUT2D eigenvalue weighted by atomic mass is 10.2. The van der Waals surface area contributed by atoms with E-state index in [1.807, 2.05) is 25.1 Å². The van der Waals surface area contributed by atoms with E-state index >= 15 is 0 Å². The molecule has 1 aromatic carbocycles. The fraction of sp³-hybridized carbons (Fsp3) is 0.500. The van der Waals surface area contributed by atoms with Crippen molar-refractivity contribution in [1.82, 2.24) is 14.5 Å². The number of aryl methyl sites for hydroxylation is 1. The van der Waals surface area contributed by atoms with Crippen LogP contribution in [-0.4, -0.2) is 68.4 Å². The molecule has 2 saturated heterocycles. The molecule has 29 heavy (non-hydrogen) atoms. The van der Waals surface area contributed by atoms with E-state index < -0.39 is 10.0 Å². The molecule has 0 radical (unpaired) electrons. The molecule has 4 rings (SSSR count). The van der Waals surface area contributed by atoms with Crippen molar-refractivity contribution < 1.29 is 13.2 Å². The molecule has 156 valence electrons. The maximum absolute atomic E-state index is 12.9. The lowest BCUT2D eigenvalue weighted by Crippen LogP contribution is -2.49. The van der Waals surface area contributed by atoms with Crippen molar-refractivity contribution >= 4 is 21.7 Å². The number of piperazine rings is 1. The maximum Gasteiger partial charge on any atom is 0.243 e. The molecule has 2 aromatic rings. The summed E-state index contributed by atoms with van der Waals surface area (Å²) in [6.07, 6.45) is 2.44. The summed E-state index contributed by atoms with van der Waals surface area (Å²) < 4.78 is 32.9. The van der Waals surface area contributed by atoms with E-state index in [-0.39, 0.29) is 6.10 Å². The van der Waals surface area contributed by atoms with Crippen molar-refractivity contribution in [3.8, 4) is 0 Å². The minimum absolute atomic E-state index is 0.250. The number of aromatic nitrogens is 2. The monoisotopic (exact) mass is 417 g/mol. The molecule has 1 aromatic heterocycles. The number of nitrogens with zero attached hydrogens (tertiary/aromatic N) is 4. The van der Waals surface area contributed by atoms with Crippen molar-refractivity contribution in [1.29, 1.82) is 0 Å². The lowest BCUT2D eigenvalue weighted by molar-refractivity contribution is 0.120. The van der Waals surface area contributed by atoms with E-state index in [1.165, 1.54) is 0 Å². The van der Waals surface area contributed by atoms with E-state index in [4.69, 9.17) is 4.74 Å². The van der Waals surface area contributed by atoms with Gasteiger partial charge in [-0.2, -0.15) is 4.31 Å². The van der Waals surface area contributed by atoms with Gasteiger partial charge in [-0.15, -0.1) is 10.2 Å². The second-order valence-electron chi connectivity index (χ2n) is 7.50. The van der Waals surface area contributed by atoms with Crippen LogP contribution in [0, 0.1) is 6.92 Å². The smallest absolute Gasteiger partial charge is 0.243 e. The van der Waals surface area contributed by atoms with Crippen molar-refractivity contribution in [2.75, 3.05) is 49.5 Å². The SMILES string of the molecule is Cc1cccc(S(=O)(=O)N2CCN(c3ccc(NCC4CCCO4)nn3)CC2)c1. The highest BCUT2D eigenvalue weighted by Crippen LogP contribution is 2.21. The first-order valence-corrected chi connectivity index (χ1v) is 11.5. The van der Waals surface area contributed by atoms with Crippen LogP contribution in [0.4, 0.5) is 11.6 Å². The first-order chi connectivity index (χ1) is 14.0. The fourth-order valence-electron chi connectivity index (χ4n) is 3.69. The molecular formula is C20H27N5O3S. The Morgan fingerprint density at radius 3 is 2.62 bits per heavy atom. The van der Waals surface area contributed by atoms with Gasteiger partial charge in [0.1, 0.15) is 5.82 Å². The molecule has 1 N–H and O–H groups in total. The number of hydrogen-bond donors (Lipinski definition) is 1. The van der Waals surface area contributed by atoms with Crippen LogP contribution < -0.4 is 10.2 Å². The number of rotatable bonds is 6. The van der Waals surface area contributed by atoms with Gasteiger partial charge in [0.15, 0.2) is 5.82 Å². The zero-order valence-electron chi connectivity index (χ0n) is 16.6. The largest absolute Gasteiger partial charge is 0.376 e. The van der Waals surface area contributed by atoms with E-state index in [1.54, 1.807) is 22.5 Å². The molecule has 1 unspecified atom stereocenters. The number of ether oxygens (including phenoxy) is 1. The summed E-state index contributed by atoms with van der Waals surface area (Å²) >= 11 is 0. The summed E-state index contributed by atoms with van der Waals surface area (Å²) in [5, 5.41) is 11.8. The predicted molar refractivity (Wildman–Crippen MR) is 112 cm³/mol. The minimum atomic E-state index is -3.46. The Morgan fingerprint density at radius 1 is 1.14 bits per heavy atom. The first-order valence-electron chi connectivity index (χ1n) is 10.0. The van der Waals surface area contributed by atoms with Gasteiger partial charge in [-0.1, -0.05) is 12.1 Å². The van der Waals surface area contributed by atoms with Crippen LogP contribution in [0.3, 0.4) is 0 Å². The highest BCUT2D eigenvalue weighted by Gasteiger charge is 2.29. The molecule has 0 aliphatic carbocycles. The van der Waals surface area contributed by atoms with Crippen LogP contribution >= 0.6 is 0 Å². The molecule has 0 amide bonds. The molecule has 0 bridgehead atoms. The average Bonchev–Trinajstić information content (AvgIpc) is 3.26. The van der Waals surface area contributed by atoms with Gasteiger partial charge in [-0.3, -0.25) is 0 Å². The molecular weight excluding hydrogens is 390 g/mol. The second-order valence-corrected chi connectivity index (χ2v) is 9.44. The van der Waals surface area contributed by atoms with E-state index in [0.29, 0.717) is 31.1 Å². The van der Waals surface area contributed by atoms with Gasteiger partial charge >= 0.3 is 0 Å². The van der Waals surface area contributed by atoms with Crippen molar-refractivity contribution in [3.05, 3.63) is 42.0 Å². The highest BCUT2D eigenvalue weighted by molar-refractivity contribution is 7.89. The Morgan fingerprint density at radius 2 is 1.97 bits per heavy atom. The Bertz CT molecular complexity index is 921. The molecule has 9 heteroatoms. The summed E-state index contributed by atoms with van der Waals surface area (Å²) in [6.45, 7) is 5.50. The van der Waals surface area contributed by atoms with Crippen molar-refractivity contribution in [2.45, 2.75) is 30.8 Å². The summed E-state index contributed by atoms with van der Waals surface area (Å²) in [6, 6.07) is 10.9. The van der Waals surface area contributed by atoms with E-state index in [2.05, 4.69) is 20.4 Å². The third kappa shape index (κ3) is 4.68. The van der Waals surface area contributed by atoms with Crippen molar-refractivity contribution in [2.24, 2.45) is 0 Å². The quantitative estimate of drug-likeness (QED) is 0.768. The molecule has 0 saturated carbocycles. The molecule has 8 nitrogen and oxygen atoms in total. The molecule has 1 atom stereocenters. The molecule has 2 aliphatic heterocycles. The van der Waals surface area contributed by atoms with Crippen LogP contribution in [0.2, 0.25) is 0 Å². The highest BCUT2D eigenvalue weighted by atomic mass is 32.2. The predicted octanol–water partition coefficient (Wildman–Crippen LogP) is 1.89. The minimum Gasteiger partial charge on any atom is -0.376 e. The molecule has 2 fully saturated rings. The zero-order valence-corrected chi connectivity index (χ0v) is 17.4. The van der Waals surface area contributed by atoms with E-state index in [9.17, 15) is 8.42 Å². The van der Waals surface area contributed by atoms with Gasteiger partial charge < -0.3 is 15.0 Å². The summed E-state index contributed by atoms with van der Waals surface area (Å²) in [4.78, 5) is 2.42. The number of hydrogen-bond acceptors (Lipinski definition) is 7. The van der Waals surface area contributed by atoms with Gasteiger partial charge in [0.2, 0.25) is 10.0 Å². The zero-order chi connectivity index (χ0) is 20.3. The van der Waals surface area contributed by atoms with Crippen LogP contribution in [0.25, 0.3) is 0 Å². The fourth-order valence-corrected chi connectivity index (χ4v) is 5.22. The Hall–Kier alpha value is -2.23. The number of benzene rings is 1. The number of sulfonamides is 1. The third-order valence-corrected chi connectivity index (χ3v) is 7.27. The van der Waals surface area contributed by atoms with Crippen LogP contribution in [0.15, 0.2) is 41.3 Å². The summed E-state index contributed by atoms with van der Waals surface area (Å²) in [5.74, 6) is 1.49. The lowest BCUT2D eigenvalue weighted by Gasteiger charge is -2.34. The number of anilines is 2. The van der Waals surface area contributed by atoms with Gasteiger partial charge in [0, 0.05) is 39.3 Å². The van der Waals surface area contributed by atoms with Crippen LogP contribution in [-0.2, 0) is 14.8 Å². The van der Waals surface area contributed by atoms with Gasteiger partial charge in [-0.05, 0) is 49.6 Å². The Kier molecular flexibility index (Phi) is 5.98. The topological polar surface area (TPSA) is 87.7 Å². The molecule has 0 spiro atoms. The molecule has 2 aliphatic rings. The number of nitrogens with one attached hydrogen (secondary N) is 1. The first kappa shape index (κ1) is 20.1.